The molecule has 1 aromatic rings. The van der Waals surface area contributed by atoms with Crippen molar-refractivity contribution >= 4 is 11.7 Å². The normalized spacial score (nSPS) is 11.0. The van der Waals surface area contributed by atoms with Gasteiger partial charge in [-0.15, -0.1) is 0 Å². The maximum absolute atomic E-state index is 13.5. The lowest BCUT2D eigenvalue weighted by Crippen LogP contribution is -2.11. The molecule has 0 radical (unpaired) electrons. The predicted molar refractivity (Wildman–Crippen MR) is 74.3 cm³/mol. The van der Waals surface area contributed by atoms with Gasteiger partial charge in [-0.1, -0.05) is 0 Å². The second kappa shape index (κ2) is 7.02. The van der Waals surface area contributed by atoms with Gasteiger partial charge in [0.05, 0.1) is 29.3 Å². The summed E-state index contributed by atoms with van der Waals surface area (Å²) in [5.41, 5.74) is 3.94. The summed E-state index contributed by atoms with van der Waals surface area (Å²) in [5.74, 6) is -2.70. The molecule has 0 bridgehead atoms. The van der Waals surface area contributed by atoms with Crippen molar-refractivity contribution in [1.29, 1.82) is 5.26 Å². The molecule has 0 heterocycles. The van der Waals surface area contributed by atoms with E-state index >= 15 is 0 Å². The number of nitrogens with two attached hydrogens (primary N) is 1. The fourth-order valence-corrected chi connectivity index (χ4v) is 1.69. The first-order valence-corrected chi connectivity index (χ1v) is 6.60. The highest BCUT2D eigenvalue weighted by Crippen LogP contribution is 2.22. The van der Waals surface area contributed by atoms with Gasteiger partial charge in [0.2, 0.25) is 0 Å². The molecule has 0 saturated heterocycles. The molecular weight excluding hydrogens is 278 g/mol. The third kappa shape index (κ3) is 5.03. The first kappa shape index (κ1) is 16.9. The van der Waals surface area contributed by atoms with Crippen LogP contribution in [0.25, 0.3) is 0 Å². The molecule has 0 aromatic heterocycles. The molecule has 0 aliphatic carbocycles. The van der Waals surface area contributed by atoms with Gasteiger partial charge >= 0.3 is 5.97 Å². The van der Waals surface area contributed by atoms with Crippen molar-refractivity contribution in [2.24, 2.45) is 5.41 Å². The van der Waals surface area contributed by atoms with Gasteiger partial charge in [-0.2, -0.15) is 5.26 Å². The van der Waals surface area contributed by atoms with Gasteiger partial charge in [0.25, 0.3) is 0 Å². The van der Waals surface area contributed by atoms with Crippen molar-refractivity contribution in [3.63, 3.8) is 0 Å². The number of carbonyl (C=O) groups is 1. The molecule has 2 N–H and O–H groups in total. The molecule has 1 aromatic carbocycles. The largest absolute Gasteiger partial charge is 0.462 e. The summed E-state index contributed by atoms with van der Waals surface area (Å²) >= 11 is 0. The highest BCUT2D eigenvalue weighted by atomic mass is 19.1. The highest BCUT2D eigenvalue weighted by Gasteiger charge is 2.17. The van der Waals surface area contributed by atoms with E-state index in [0.29, 0.717) is 19.3 Å². The van der Waals surface area contributed by atoms with E-state index in [1.54, 1.807) is 0 Å². The van der Waals surface area contributed by atoms with Gasteiger partial charge < -0.3 is 10.5 Å². The highest BCUT2D eigenvalue weighted by molar-refractivity contribution is 5.90. The Labute approximate surface area is 122 Å². The molecule has 0 atom stereocenters. The van der Waals surface area contributed by atoms with Crippen LogP contribution >= 0.6 is 0 Å². The average Bonchev–Trinajstić information content (AvgIpc) is 2.42. The standard InChI is InChI=1S/C15H18F2N2O2/c1-15(2,9-18)5-3-4-6-21-14(20)10-7-12(17)13(19)8-11(10)16/h7-8H,3-6,19H2,1-2H3. The van der Waals surface area contributed by atoms with E-state index in [-0.39, 0.29) is 12.3 Å². The van der Waals surface area contributed by atoms with Crippen LogP contribution in [-0.2, 0) is 4.74 Å². The second-order valence-corrected chi connectivity index (χ2v) is 5.44. The summed E-state index contributed by atoms with van der Waals surface area (Å²) in [4.78, 5) is 11.6. The third-order valence-electron chi connectivity index (χ3n) is 3.04. The molecule has 6 heteroatoms. The average molecular weight is 296 g/mol. The molecule has 21 heavy (non-hydrogen) atoms. The number of esters is 1. The molecule has 0 saturated carbocycles. The second-order valence-electron chi connectivity index (χ2n) is 5.44. The van der Waals surface area contributed by atoms with E-state index in [9.17, 15) is 13.6 Å². The van der Waals surface area contributed by atoms with E-state index in [0.717, 1.165) is 12.1 Å². The van der Waals surface area contributed by atoms with Crippen LogP contribution in [0.5, 0.6) is 0 Å². The molecule has 114 valence electrons. The van der Waals surface area contributed by atoms with Crippen molar-refractivity contribution in [3.8, 4) is 6.07 Å². The summed E-state index contributed by atoms with van der Waals surface area (Å²) in [5, 5.41) is 8.84. The number of ether oxygens (including phenoxy) is 1. The minimum absolute atomic E-state index is 0.0891. The Balaban J connectivity index is 2.45. The lowest BCUT2D eigenvalue weighted by atomic mass is 9.89. The van der Waals surface area contributed by atoms with Crippen LogP contribution in [0, 0.1) is 28.4 Å². The number of unbranched alkanes of at least 4 members (excludes halogenated alkanes) is 1. The number of hydrogen-bond acceptors (Lipinski definition) is 4. The molecule has 0 unspecified atom stereocenters. The van der Waals surface area contributed by atoms with Crippen LogP contribution in [-0.4, -0.2) is 12.6 Å². The van der Waals surface area contributed by atoms with Crippen LogP contribution in [0.15, 0.2) is 12.1 Å². The molecule has 4 nitrogen and oxygen atoms in total. The van der Waals surface area contributed by atoms with Crippen molar-refractivity contribution in [3.05, 3.63) is 29.3 Å². The number of benzene rings is 1. The summed E-state index contributed by atoms with van der Waals surface area (Å²) in [6.45, 7) is 3.74. The topological polar surface area (TPSA) is 76.1 Å². The van der Waals surface area contributed by atoms with Crippen molar-refractivity contribution in [2.75, 3.05) is 12.3 Å². The molecule has 0 spiro atoms. The Morgan fingerprint density at radius 3 is 2.62 bits per heavy atom. The fourth-order valence-electron chi connectivity index (χ4n) is 1.69. The van der Waals surface area contributed by atoms with Gasteiger partial charge in [0.1, 0.15) is 11.6 Å². The van der Waals surface area contributed by atoms with Crippen LogP contribution in [0.3, 0.4) is 0 Å². The quantitative estimate of drug-likeness (QED) is 0.496. The molecule has 0 aliphatic heterocycles. The SMILES string of the molecule is CC(C)(C#N)CCCCOC(=O)c1cc(F)c(N)cc1F. The Kier molecular flexibility index (Phi) is 5.65. The van der Waals surface area contributed by atoms with E-state index < -0.39 is 28.6 Å². The lowest BCUT2D eigenvalue weighted by Gasteiger charge is -2.14. The number of nitrogens with zero attached hydrogens (tertiary/aromatic N) is 1. The van der Waals surface area contributed by atoms with E-state index in [1.807, 2.05) is 13.8 Å². The lowest BCUT2D eigenvalue weighted by molar-refractivity contribution is 0.0490. The van der Waals surface area contributed by atoms with E-state index in [4.69, 9.17) is 15.7 Å². The van der Waals surface area contributed by atoms with Gasteiger partial charge in [-0.25, -0.2) is 13.6 Å². The van der Waals surface area contributed by atoms with Crippen LogP contribution in [0.1, 0.15) is 43.5 Å². The van der Waals surface area contributed by atoms with E-state index in [1.165, 1.54) is 0 Å². The first-order chi connectivity index (χ1) is 9.76. The minimum atomic E-state index is -0.925. The number of carbonyl (C=O) groups excluding carboxylic acids is 1. The molecule has 0 amide bonds. The Hall–Kier alpha value is -2.16. The Bertz CT molecular complexity index is 566. The number of nitriles is 1. The van der Waals surface area contributed by atoms with Crippen molar-refractivity contribution in [1.82, 2.24) is 0 Å². The zero-order valence-electron chi connectivity index (χ0n) is 12.1. The van der Waals surface area contributed by atoms with Crippen LogP contribution in [0.4, 0.5) is 14.5 Å². The number of nitrogen functional groups attached to an aromatic ring is 1. The number of anilines is 1. The molecular formula is C15H18F2N2O2. The van der Waals surface area contributed by atoms with Crippen molar-refractivity contribution < 1.29 is 18.3 Å². The summed E-state index contributed by atoms with van der Waals surface area (Å²) in [7, 11) is 0. The zero-order chi connectivity index (χ0) is 16.0. The van der Waals surface area contributed by atoms with Gasteiger partial charge in [0.15, 0.2) is 0 Å². The Morgan fingerprint density at radius 2 is 2.00 bits per heavy atom. The monoisotopic (exact) mass is 296 g/mol. The van der Waals surface area contributed by atoms with Crippen LogP contribution < -0.4 is 5.73 Å². The zero-order valence-corrected chi connectivity index (χ0v) is 12.1. The summed E-state index contributed by atoms with van der Waals surface area (Å²) in [6.07, 6.45) is 1.92. The summed E-state index contributed by atoms with van der Waals surface area (Å²) in [6, 6.07) is 3.65. The van der Waals surface area contributed by atoms with Gasteiger partial charge in [-0.3, -0.25) is 0 Å². The maximum Gasteiger partial charge on any atom is 0.341 e. The molecule has 0 aliphatic rings. The third-order valence-corrected chi connectivity index (χ3v) is 3.04. The molecule has 1 rings (SSSR count). The summed E-state index contributed by atoms with van der Waals surface area (Å²) < 4.78 is 31.6. The number of hydrogen-bond donors (Lipinski definition) is 1. The minimum Gasteiger partial charge on any atom is -0.462 e. The van der Waals surface area contributed by atoms with Gasteiger partial charge in [-0.05, 0) is 39.2 Å². The van der Waals surface area contributed by atoms with Crippen LogP contribution in [0.2, 0.25) is 0 Å². The number of rotatable bonds is 6. The fraction of sp³-hybridized carbons (Fsp3) is 0.467. The smallest absolute Gasteiger partial charge is 0.341 e. The number of halogens is 2. The van der Waals surface area contributed by atoms with E-state index in [2.05, 4.69) is 6.07 Å². The molecule has 0 fully saturated rings. The van der Waals surface area contributed by atoms with Gasteiger partial charge in [0, 0.05) is 6.07 Å². The Morgan fingerprint density at radius 1 is 1.33 bits per heavy atom. The van der Waals surface area contributed by atoms with Crippen molar-refractivity contribution in [2.45, 2.75) is 33.1 Å². The first-order valence-electron chi connectivity index (χ1n) is 6.60. The maximum atomic E-state index is 13.5. The predicted octanol–water partition coefficient (Wildman–Crippen LogP) is 3.42.